The Morgan fingerprint density at radius 2 is 2.33 bits per heavy atom. The highest BCUT2D eigenvalue weighted by atomic mass is 16.5. The van der Waals surface area contributed by atoms with Gasteiger partial charge in [-0.1, -0.05) is 6.92 Å². The first kappa shape index (κ1) is 8.14. The number of hydrogen-bond donors (Lipinski definition) is 0. The molecule has 0 bridgehead atoms. The zero-order valence-electron chi connectivity index (χ0n) is 5.42. The molecule has 0 aromatic carbocycles. The third-order valence-corrected chi connectivity index (χ3v) is 0.841. The van der Waals surface area contributed by atoms with E-state index in [1.165, 1.54) is 0 Å². The molecule has 3 heteroatoms. The first-order chi connectivity index (χ1) is 4.31. The Morgan fingerprint density at radius 3 is 2.78 bits per heavy atom. The van der Waals surface area contributed by atoms with E-state index in [-0.39, 0.29) is 18.9 Å². The molecule has 0 atom stereocenters. The fraction of sp³-hybridized carbons (Fsp3) is 0.667. The molecule has 0 aliphatic rings. The van der Waals surface area contributed by atoms with Crippen LogP contribution in [0.15, 0.2) is 0 Å². The number of carbonyl (C=O) groups is 2. The van der Waals surface area contributed by atoms with Gasteiger partial charge in [-0.3, -0.25) is 9.59 Å². The van der Waals surface area contributed by atoms with Gasteiger partial charge in [0.15, 0.2) is 5.78 Å². The molecule has 52 valence electrons. The van der Waals surface area contributed by atoms with Crippen LogP contribution in [0.5, 0.6) is 0 Å². The summed E-state index contributed by atoms with van der Waals surface area (Å²) in [6.45, 7) is 2.11. The van der Waals surface area contributed by atoms with Crippen LogP contribution < -0.4 is 0 Å². The lowest BCUT2D eigenvalue weighted by atomic mass is 10.2. The molecule has 0 amide bonds. The van der Waals surface area contributed by atoms with Gasteiger partial charge >= 0.3 is 0 Å². The fourth-order valence-corrected chi connectivity index (χ4v) is 0.478. The van der Waals surface area contributed by atoms with E-state index in [2.05, 4.69) is 4.74 Å². The Morgan fingerprint density at radius 1 is 1.67 bits per heavy atom. The minimum Gasteiger partial charge on any atom is -0.460 e. The van der Waals surface area contributed by atoms with Crippen molar-refractivity contribution in [3.8, 4) is 0 Å². The predicted molar refractivity (Wildman–Crippen MR) is 31.9 cm³/mol. The Kier molecular flexibility index (Phi) is 4.78. The number of ether oxygens (including phenoxy) is 1. The summed E-state index contributed by atoms with van der Waals surface area (Å²) in [5.41, 5.74) is 0. The normalized spacial score (nSPS) is 8.56. The highest BCUT2D eigenvalue weighted by Gasteiger charge is 1.97. The minimum absolute atomic E-state index is 0.0235. The third-order valence-electron chi connectivity index (χ3n) is 0.841. The van der Waals surface area contributed by atoms with Crippen molar-refractivity contribution in [1.29, 1.82) is 0 Å². The molecule has 0 unspecified atom stereocenters. The minimum atomic E-state index is -0.0721. The Bertz CT molecular complexity index is 98.5. The van der Waals surface area contributed by atoms with E-state index in [0.29, 0.717) is 6.42 Å². The number of ketones is 1. The van der Waals surface area contributed by atoms with Crippen LogP contribution in [0.25, 0.3) is 0 Å². The second-order valence-corrected chi connectivity index (χ2v) is 1.70. The monoisotopic (exact) mass is 130 g/mol. The average molecular weight is 130 g/mol. The molecule has 0 aromatic rings. The van der Waals surface area contributed by atoms with E-state index in [4.69, 9.17) is 0 Å². The number of hydrogen-bond acceptors (Lipinski definition) is 3. The van der Waals surface area contributed by atoms with Crippen LogP contribution in [-0.4, -0.2) is 18.9 Å². The molecule has 0 saturated heterocycles. The number of rotatable bonds is 5. The number of carbonyl (C=O) groups excluding carboxylic acids is 2. The van der Waals surface area contributed by atoms with Gasteiger partial charge in [-0.2, -0.15) is 0 Å². The summed E-state index contributed by atoms with van der Waals surface area (Å²) < 4.78 is 4.22. The van der Waals surface area contributed by atoms with Gasteiger partial charge < -0.3 is 4.74 Å². The second kappa shape index (κ2) is 5.28. The predicted octanol–water partition coefficient (Wildman–Crippen LogP) is 0.529. The first-order valence-electron chi connectivity index (χ1n) is 2.88. The molecule has 0 aliphatic carbocycles. The molecule has 0 aromatic heterocycles. The van der Waals surface area contributed by atoms with Gasteiger partial charge in [-0.25, -0.2) is 0 Å². The Balaban J connectivity index is 3.16. The van der Waals surface area contributed by atoms with E-state index in [9.17, 15) is 9.59 Å². The van der Waals surface area contributed by atoms with E-state index in [1.54, 1.807) is 0 Å². The maximum atomic E-state index is 10.5. The Hall–Kier alpha value is -0.860. The molecule has 0 fully saturated rings. The van der Waals surface area contributed by atoms with Crippen LogP contribution in [0.3, 0.4) is 0 Å². The summed E-state index contributed by atoms with van der Waals surface area (Å²) in [4.78, 5) is 20.1. The van der Waals surface area contributed by atoms with Gasteiger partial charge in [0.25, 0.3) is 6.47 Å². The molecule has 0 rings (SSSR count). The van der Waals surface area contributed by atoms with E-state index in [1.807, 2.05) is 6.92 Å². The molecule has 0 aliphatic heterocycles. The van der Waals surface area contributed by atoms with Gasteiger partial charge in [0, 0.05) is 6.42 Å². The van der Waals surface area contributed by atoms with Crippen molar-refractivity contribution in [2.24, 2.45) is 0 Å². The van der Waals surface area contributed by atoms with Crippen LogP contribution >= 0.6 is 0 Å². The smallest absolute Gasteiger partial charge is 0.293 e. The molecule has 0 spiro atoms. The SMILES string of the molecule is CCCC(=O)COC=O. The van der Waals surface area contributed by atoms with Gasteiger partial charge in [0.1, 0.15) is 6.61 Å². The first-order valence-corrected chi connectivity index (χ1v) is 2.88. The van der Waals surface area contributed by atoms with Gasteiger partial charge in [0.2, 0.25) is 0 Å². The highest BCUT2D eigenvalue weighted by molar-refractivity contribution is 5.80. The lowest BCUT2D eigenvalue weighted by molar-refractivity contribution is -0.136. The topological polar surface area (TPSA) is 43.4 Å². The molecular weight excluding hydrogens is 120 g/mol. The standard InChI is InChI=1S/C6H10O3/c1-2-3-6(8)4-9-5-7/h5H,2-4H2,1H3. The van der Waals surface area contributed by atoms with E-state index >= 15 is 0 Å². The summed E-state index contributed by atoms with van der Waals surface area (Å²) in [6.07, 6.45) is 1.30. The van der Waals surface area contributed by atoms with Crippen LogP contribution in [0, 0.1) is 0 Å². The second-order valence-electron chi connectivity index (χ2n) is 1.70. The maximum Gasteiger partial charge on any atom is 0.293 e. The lowest BCUT2D eigenvalue weighted by Gasteiger charge is -1.93. The zero-order valence-corrected chi connectivity index (χ0v) is 5.42. The van der Waals surface area contributed by atoms with Crippen molar-refractivity contribution >= 4 is 12.3 Å². The molecule has 0 N–H and O–H groups in total. The van der Waals surface area contributed by atoms with Gasteiger partial charge in [-0.05, 0) is 6.42 Å². The summed E-state index contributed by atoms with van der Waals surface area (Å²) in [7, 11) is 0. The molecule has 0 heterocycles. The fourth-order valence-electron chi connectivity index (χ4n) is 0.478. The lowest BCUT2D eigenvalue weighted by Crippen LogP contribution is -2.06. The van der Waals surface area contributed by atoms with Crippen molar-refractivity contribution in [3.05, 3.63) is 0 Å². The largest absolute Gasteiger partial charge is 0.460 e. The van der Waals surface area contributed by atoms with Crippen molar-refractivity contribution in [2.75, 3.05) is 6.61 Å². The van der Waals surface area contributed by atoms with E-state index in [0.717, 1.165) is 6.42 Å². The summed E-state index contributed by atoms with van der Waals surface area (Å²) in [5, 5.41) is 0. The Labute approximate surface area is 54.0 Å². The van der Waals surface area contributed by atoms with Crippen LogP contribution in [-0.2, 0) is 14.3 Å². The highest BCUT2D eigenvalue weighted by Crippen LogP contribution is 1.87. The molecule has 3 nitrogen and oxygen atoms in total. The van der Waals surface area contributed by atoms with Crippen LogP contribution in [0.4, 0.5) is 0 Å². The van der Waals surface area contributed by atoms with Crippen molar-refractivity contribution in [2.45, 2.75) is 19.8 Å². The van der Waals surface area contributed by atoms with Crippen LogP contribution in [0.2, 0.25) is 0 Å². The van der Waals surface area contributed by atoms with Crippen molar-refractivity contribution in [3.63, 3.8) is 0 Å². The molecular formula is C6H10O3. The van der Waals surface area contributed by atoms with Crippen LogP contribution in [0.1, 0.15) is 19.8 Å². The zero-order chi connectivity index (χ0) is 7.11. The molecule has 9 heavy (non-hydrogen) atoms. The van der Waals surface area contributed by atoms with E-state index < -0.39 is 0 Å². The third kappa shape index (κ3) is 5.00. The van der Waals surface area contributed by atoms with Gasteiger partial charge in [0.05, 0.1) is 0 Å². The van der Waals surface area contributed by atoms with Crippen molar-refractivity contribution < 1.29 is 14.3 Å². The summed E-state index contributed by atoms with van der Waals surface area (Å²) >= 11 is 0. The number of Topliss-reactive ketones (excluding diaryl/α,β-unsaturated/α-hetero) is 1. The maximum absolute atomic E-state index is 10.5. The average Bonchev–Trinajstić information content (AvgIpc) is 1.85. The summed E-state index contributed by atoms with van der Waals surface area (Å²) in [6, 6.07) is 0. The van der Waals surface area contributed by atoms with Gasteiger partial charge in [-0.15, -0.1) is 0 Å². The quantitative estimate of drug-likeness (QED) is 0.510. The molecule has 0 radical (unpaired) electrons. The summed E-state index contributed by atoms with van der Waals surface area (Å²) in [5.74, 6) is -0.0235. The van der Waals surface area contributed by atoms with Crippen molar-refractivity contribution in [1.82, 2.24) is 0 Å². The molecule has 0 saturated carbocycles.